The van der Waals surface area contributed by atoms with Crippen LogP contribution < -0.4 is 10.5 Å². The summed E-state index contributed by atoms with van der Waals surface area (Å²) in [7, 11) is 0. The second-order valence-corrected chi connectivity index (χ2v) is 4.96. The van der Waals surface area contributed by atoms with Crippen molar-refractivity contribution in [1.29, 1.82) is 0 Å². The summed E-state index contributed by atoms with van der Waals surface area (Å²) in [5, 5.41) is 0. The lowest BCUT2D eigenvalue weighted by atomic mass is 10.1. The molecule has 0 spiro atoms. The first kappa shape index (κ1) is 13.6. The van der Waals surface area contributed by atoms with Crippen molar-refractivity contribution in [3.05, 3.63) is 53.2 Å². The van der Waals surface area contributed by atoms with E-state index >= 15 is 0 Å². The van der Waals surface area contributed by atoms with Crippen molar-refractivity contribution in [3.63, 3.8) is 0 Å². The predicted octanol–water partition coefficient (Wildman–Crippen LogP) is 3.76. The molecule has 0 unspecified atom stereocenters. The third-order valence-corrected chi connectivity index (χ3v) is 3.02. The summed E-state index contributed by atoms with van der Waals surface area (Å²) in [6.45, 7) is 6.73. The number of nitrogens with zero attached hydrogens (tertiary/aromatic N) is 1. The average molecular weight is 256 g/mol. The molecule has 2 rings (SSSR count). The highest BCUT2D eigenvalue weighted by atomic mass is 16.5. The van der Waals surface area contributed by atoms with Gasteiger partial charge in [-0.3, -0.25) is 0 Å². The van der Waals surface area contributed by atoms with E-state index in [1.807, 2.05) is 43.3 Å². The van der Waals surface area contributed by atoms with Crippen LogP contribution in [0, 0.1) is 6.92 Å². The van der Waals surface area contributed by atoms with E-state index < -0.39 is 0 Å². The smallest absolute Gasteiger partial charge is 0.219 e. The Morgan fingerprint density at radius 2 is 1.95 bits per heavy atom. The highest BCUT2D eigenvalue weighted by Crippen LogP contribution is 2.25. The van der Waals surface area contributed by atoms with Gasteiger partial charge in [0.25, 0.3) is 0 Å². The second kappa shape index (κ2) is 5.85. The maximum absolute atomic E-state index is 5.88. The van der Waals surface area contributed by atoms with E-state index in [-0.39, 0.29) is 0 Å². The fourth-order valence-corrected chi connectivity index (χ4v) is 1.83. The number of pyridine rings is 1. The summed E-state index contributed by atoms with van der Waals surface area (Å²) >= 11 is 0. The van der Waals surface area contributed by atoms with Crippen molar-refractivity contribution >= 4 is 0 Å². The van der Waals surface area contributed by atoms with Gasteiger partial charge in [-0.25, -0.2) is 4.98 Å². The first-order valence-corrected chi connectivity index (χ1v) is 6.54. The molecule has 0 atom stereocenters. The molecule has 0 bridgehead atoms. The lowest BCUT2D eigenvalue weighted by molar-refractivity contribution is 0.455. The fraction of sp³-hybridized carbons (Fsp3) is 0.312. The normalized spacial score (nSPS) is 10.8. The molecule has 0 aliphatic rings. The molecule has 0 fully saturated rings. The Labute approximate surface area is 114 Å². The van der Waals surface area contributed by atoms with Crippen molar-refractivity contribution in [3.8, 4) is 11.6 Å². The summed E-state index contributed by atoms with van der Waals surface area (Å²) in [5.74, 6) is 1.80. The largest absolute Gasteiger partial charge is 0.439 e. The molecule has 2 N–H and O–H groups in total. The van der Waals surface area contributed by atoms with Gasteiger partial charge in [0.1, 0.15) is 5.75 Å². The van der Waals surface area contributed by atoms with Gasteiger partial charge in [0.05, 0.1) is 0 Å². The van der Waals surface area contributed by atoms with Crippen LogP contribution in [-0.2, 0) is 6.54 Å². The van der Waals surface area contributed by atoms with Crippen LogP contribution in [0.1, 0.15) is 36.6 Å². The van der Waals surface area contributed by atoms with Crippen molar-refractivity contribution in [2.45, 2.75) is 33.2 Å². The van der Waals surface area contributed by atoms with E-state index in [0.29, 0.717) is 18.3 Å². The van der Waals surface area contributed by atoms with E-state index in [9.17, 15) is 0 Å². The third kappa shape index (κ3) is 3.32. The van der Waals surface area contributed by atoms with Gasteiger partial charge < -0.3 is 10.5 Å². The number of hydrogen-bond acceptors (Lipinski definition) is 3. The highest BCUT2D eigenvalue weighted by Gasteiger charge is 2.08. The molecule has 1 heterocycles. The molecule has 0 aliphatic heterocycles. The molecule has 3 nitrogen and oxygen atoms in total. The van der Waals surface area contributed by atoms with E-state index in [2.05, 4.69) is 18.8 Å². The van der Waals surface area contributed by atoms with Gasteiger partial charge in [-0.05, 0) is 36.1 Å². The van der Waals surface area contributed by atoms with E-state index in [0.717, 1.165) is 22.6 Å². The zero-order valence-electron chi connectivity index (χ0n) is 11.7. The first-order valence-electron chi connectivity index (χ1n) is 6.54. The lowest BCUT2D eigenvalue weighted by Gasteiger charge is -2.12. The highest BCUT2D eigenvalue weighted by molar-refractivity contribution is 5.36. The zero-order valence-corrected chi connectivity index (χ0v) is 11.7. The van der Waals surface area contributed by atoms with E-state index in [4.69, 9.17) is 10.5 Å². The number of nitrogens with two attached hydrogens (primary N) is 1. The van der Waals surface area contributed by atoms with Gasteiger partial charge >= 0.3 is 0 Å². The molecule has 3 heteroatoms. The molecule has 100 valence electrons. The number of para-hydroxylation sites is 1. The molecular formula is C16H20N2O. The summed E-state index contributed by atoms with van der Waals surface area (Å²) in [6, 6.07) is 11.9. The fourth-order valence-electron chi connectivity index (χ4n) is 1.83. The first-order chi connectivity index (χ1) is 9.10. The van der Waals surface area contributed by atoms with Gasteiger partial charge in [0.15, 0.2) is 0 Å². The van der Waals surface area contributed by atoms with Crippen molar-refractivity contribution in [2.75, 3.05) is 0 Å². The Hall–Kier alpha value is -1.87. The van der Waals surface area contributed by atoms with Crippen molar-refractivity contribution < 1.29 is 4.74 Å². The van der Waals surface area contributed by atoms with Crippen LogP contribution in [-0.4, -0.2) is 4.98 Å². The zero-order chi connectivity index (χ0) is 13.8. The molecule has 0 amide bonds. The van der Waals surface area contributed by atoms with Gasteiger partial charge in [-0.2, -0.15) is 0 Å². The molecular weight excluding hydrogens is 236 g/mol. The predicted molar refractivity (Wildman–Crippen MR) is 77.5 cm³/mol. The number of ether oxygens (including phenoxy) is 1. The Bertz CT molecular complexity index is 564. The van der Waals surface area contributed by atoms with Gasteiger partial charge in [-0.1, -0.05) is 32.0 Å². The van der Waals surface area contributed by atoms with E-state index in [1.54, 1.807) is 0 Å². The van der Waals surface area contributed by atoms with Crippen LogP contribution in [0.15, 0.2) is 36.4 Å². The standard InChI is InChI=1S/C16H20N2O/c1-11(2)14-8-13(10-17)9-16(18-14)19-15-7-5-4-6-12(15)3/h4-9,11H,10,17H2,1-3H3. The van der Waals surface area contributed by atoms with Crippen LogP contribution in [0.4, 0.5) is 0 Å². The molecule has 2 aromatic rings. The molecule has 0 saturated heterocycles. The minimum atomic E-state index is 0.353. The average Bonchev–Trinajstić information content (AvgIpc) is 2.41. The second-order valence-electron chi connectivity index (χ2n) is 4.96. The Balaban J connectivity index is 2.34. The summed E-state index contributed by atoms with van der Waals surface area (Å²) in [4.78, 5) is 4.54. The minimum Gasteiger partial charge on any atom is -0.439 e. The van der Waals surface area contributed by atoms with Crippen LogP contribution >= 0.6 is 0 Å². The third-order valence-electron chi connectivity index (χ3n) is 3.02. The Morgan fingerprint density at radius 1 is 1.21 bits per heavy atom. The molecule has 0 radical (unpaired) electrons. The van der Waals surface area contributed by atoms with Crippen LogP contribution in [0.25, 0.3) is 0 Å². The van der Waals surface area contributed by atoms with E-state index in [1.165, 1.54) is 0 Å². The number of aromatic nitrogens is 1. The SMILES string of the molecule is Cc1ccccc1Oc1cc(CN)cc(C(C)C)n1. The summed E-state index contributed by atoms with van der Waals surface area (Å²) < 4.78 is 5.88. The maximum atomic E-state index is 5.88. The Morgan fingerprint density at radius 3 is 2.58 bits per heavy atom. The van der Waals surface area contributed by atoms with Gasteiger partial charge in [-0.15, -0.1) is 0 Å². The topological polar surface area (TPSA) is 48.1 Å². The van der Waals surface area contributed by atoms with Crippen LogP contribution in [0.5, 0.6) is 11.6 Å². The summed E-state index contributed by atoms with van der Waals surface area (Å²) in [5.41, 5.74) is 8.87. The monoisotopic (exact) mass is 256 g/mol. The summed E-state index contributed by atoms with van der Waals surface area (Å²) in [6.07, 6.45) is 0. The van der Waals surface area contributed by atoms with Crippen molar-refractivity contribution in [1.82, 2.24) is 4.98 Å². The molecule has 1 aromatic carbocycles. The number of hydrogen-bond donors (Lipinski definition) is 1. The van der Waals surface area contributed by atoms with Crippen molar-refractivity contribution in [2.24, 2.45) is 5.73 Å². The lowest BCUT2D eigenvalue weighted by Crippen LogP contribution is -2.02. The van der Waals surface area contributed by atoms with Gasteiger partial charge in [0, 0.05) is 18.3 Å². The number of rotatable bonds is 4. The minimum absolute atomic E-state index is 0.353. The number of benzene rings is 1. The van der Waals surface area contributed by atoms with Crippen LogP contribution in [0.2, 0.25) is 0 Å². The number of aryl methyl sites for hydroxylation is 1. The molecule has 1 aromatic heterocycles. The Kier molecular flexibility index (Phi) is 4.17. The molecule has 19 heavy (non-hydrogen) atoms. The molecule has 0 saturated carbocycles. The van der Waals surface area contributed by atoms with Crippen LogP contribution in [0.3, 0.4) is 0 Å². The maximum Gasteiger partial charge on any atom is 0.219 e. The quantitative estimate of drug-likeness (QED) is 0.906. The molecule has 0 aliphatic carbocycles. The van der Waals surface area contributed by atoms with Gasteiger partial charge in [0.2, 0.25) is 5.88 Å².